The van der Waals surface area contributed by atoms with Gasteiger partial charge in [-0.3, -0.25) is 4.79 Å². The van der Waals surface area contributed by atoms with E-state index in [4.69, 9.17) is 0 Å². The van der Waals surface area contributed by atoms with E-state index in [-0.39, 0.29) is 10.8 Å². The van der Waals surface area contributed by atoms with Crippen molar-refractivity contribution in [1.29, 1.82) is 0 Å². The molecule has 3 aromatic rings. The number of amides is 1. The highest BCUT2D eigenvalue weighted by Crippen LogP contribution is 2.22. The van der Waals surface area contributed by atoms with Gasteiger partial charge in [-0.15, -0.1) is 0 Å². The summed E-state index contributed by atoms with van der Waals surface area (Å²) in [6.07, 6.45) is 0.802. The third-order valence-electron chi connectivity index (χ3n) is 5.21. The maximum absolute atomic E-state index is 12.4. The number of hydrogen-bond donors (Lipinski definition) is 1. The number of sulfonamides is 1. The van der Waals surface area contributed by atoms with Gasteiger partial charge in [0.25, 0.3) is 0 Å². The molecule has 1 heterocycles. The molecular formula is C22H28N4O3S. The molecule has 30 heavy (non-hydrogen) atoms. The van der Waals surface area contributed by atoms with Gasteiger partial charge >= 0.3 is 0 Å². The molecule has 1 aromatic heterocycles. The summed E-state index contributed by atoms with van der Waals surface area (Å²) in [6.45, 7) is 5.22. The first-order chi connectivity index (χ1) is 14.2. The van der Waals surface area contributed by atoms with Crippen molar-refractivity contribution < 1.29 is 13.2 Å². The molecule has 1 amide bonds. The lowest BCUT2D eigenvalue weighted by Crippen LogP contribution is -2.23. The van der Waals surface area contributed by atoms with E-state index < -0.39 is 10.0 Å². The zero-order valence-electron chi connectivity index (χ0n) is 17.8. The predicted octanol–water partition coefficient (Wildman–Crippen LogP) is 2.86. The summed E-state index contributed by atoms with van der Waals surface area (Å²) in [5.41, 5.74) is 3.73. The number of carbonyl (C=O) groups is 1. The zero-order valence-corrected chi connectivity index (χ0v) is 18.7. The fourth-order valence-corrected chi connectivity index (χ4v) is 4.31. The molecule has 0 saturated heterocycles. The molecule has 0 spiro atoms. The molecule has 2 aromatic carbocycles. The molecule has 0 aliphatic rings. The number of aryl methyl sites for hydroxylation is 3. The van der Waals surface area contributed by atoms with Crippen molar-refractivity contribution in [2.24, 2.45) is 0 Å². The van der Waals surface area contributed by atoms with Crippen molar-refractivity contribution in [1.82, 2.24) is 19.2 Å². The topological polar surface area (TPSA) is 84.3 Å². The van der Waals surface area contributed by atoms with Crippen LogP contribution in [0.15, 0.2) is 47.4 Å². The van der Waals surface area contributed by atoms with Crippen LogP contribution in [0.25, 0.3) is 11.0 Å². The summed E-state index contributed by atoms with van der Waals surface area (Å²) in [5, 5.41) is 2.96. The Morgan fingerprint density at radius 2 is 1.90 bits per heavy atom. The molecule has 160 valence electrons. The van der Waals surface area contributed by atoms with Crippen LogP contribution < -0.4 is 5.32 Å². The summed E-state index contributed by atoms with van der Waals surface area (Å²) in [4.78, 5) is 17.2. The number of aromatic nitrogens is 2. The van der Waals surface area contributed by atoms with Crippen LogP contribution in [0.3, 0.4) is 0 Å². The van der Waals surface area contributed by atoms with Gasteiger partial charge in [0.1, 0.15) is 5.82 Å². The lowest BCUT2D eigenvalue weighted by atomic mass is 10.1. The first-order valence-corrected chi connectivity index (χ1v) is 11.4. The fourth-order valence-electron chi connectivity index (χ4n) is 3.39. The standard InChI is InChI=1S/C22H28N4O3S/c1-5-26-20-11-10-18(30(28,29)25(3)4)14-19(20)24-21(26)12-13-22(27)23-15-17-9-7-6-8-16(17)2/h6-11,14H,5,12-13,15H2,1-4H3,(H,23,27). The summed E-state index contributed by atoms with van der Waals surface area (Å²) in [6, 6.07) is 12.9. The lowest BCUT2D eigenvalue weighted by Gasteiger charge is -2.11. The minimum atomic E-state index is -3.52. The highest BCUT2D eigenvalue weighted by Gasteiger charge is 2.19. The van der Waals surface area contributed by atoms with Crippen LogP contribution in [0.2, 0.25) is 0 Å². The van der Waals surface area contributed by atoms with Gasteiger partial charge in [-0.2, -0.15) is 0 Å². The normalized spacial score (nSPS) is 11.9. The molecule has 0 bridgehead atoms. The van der Waals surface area contributed by atoms with Crippen LogP contribution in [-0.2, 0) is 34.3 Å². The first kappa shape index (κ1) is 22.0. The second-order valence-electron chi connectivity index (χ2n) is 7.41. The van der Waals surface area contributed by atoms with Crippen molar-refractivity contribution in [3.63, 3.8) is 0 Å². The average Bonchev–Trinajstić information content (AvgIpc) is 3.08. The van der Waals surface area contributed by atoms with Crippen LogP contribution >= 0.6 is 0 Å². The first-order valence-electron chi connectivity index (χ1n) is 9.97. The highest BCUT2D eigenvalue weighted by atomic mass is 32.2. The Morgan fingerprint density at radius 1 is 1.17 bits per heavy atom. The number of carbonyl (C=O) groups excluding carboxylic acids is 1. The Bertz CT molecular complexity index is 1170. The average molecular weight is 429 g/mol. The molecule has 7 nitrogen and oxygen atoms in total. The van der Waals surface area contributed by atoms with Crippen LogP contribution in [-0.4, -0.2) is 42.3 Å². The molecule has 1 N–H and O–H groups in total. The van der Waals surface area contributed by atoms with Gasteiger partial charge in [0, 0.05) is 40.0 Å². The second-order valence-corrected chi connectivity index (χ2v) is 9.57. The monoisotopic (exact) mass is 428 g/mol. The molecule has 3 rings (SSSR count). The van der Waals surface area contributed by atoms with Crippen molar-refractivity contribution in [2.75, 3.05) is 14.1 Å². The van der Waals surface area contributed by atoms with Gasteiger partial charge in [-0.05, 0) is 43.2 Å². The molecule has 0 aliphatic heterocycles. The maximum atomic E-state index is 12.4. The Morgan fingerprint density at radius 3 is 2.57 bits per heavy atom. The van der Waals surface area contributed by atoms with E-state index in [1.54, 1.807) is 18.2 Å². The van der Waals surface area contributed by atoms with E-state index in [1.807, 2.05) is 42.7 Å². The van der Waals surface area contributed by atoms with E-state index in [9.17, 15) is 13.2 Å². The minimum Gasteiger partial charge on any atom is -0.352 e. The Kier molecular flexibility index (Phi) is 6.58. The number of benzene rings is 2. The molecule has 0 unspecified atom stereocenters. The summed E-state index contributed by atoms with van der Waals surface area (Å²) >= 11 is 0. The Labute approximate surface area is 177 Å². The van der Waals surface area contributed by atoms with Crippen LogP contribution in [0.4, 0.5) is 0 Å². The summed E-state index contributed by atoms with van der Waals surface area (Å²) < 4.78 is 28.0. The SMILES string of the molecule is CCn1c(CCC(=O)NCc2ccccc2C)nc2cc(S(=O)(=O)N(C)C)ccc21. The van der Waals surface area contributed by atoms with E-state index in [1.165, 1.54) is 18.4 Å². The van der Waals surface area contributed by atoms with Crippen molar-refractivity contribution >= 4 is 27.0 Å². The Balaban J connectivity index is 1.74. The van der Waals surface area contributed by atoms with Gasteiger partial charge in [0.05, 0.1) is 15.9 Å². The summed E-state index contributed by atoms with van der Waals surface area (Å²) in [7, 11) is -0.511. The predicted molar refractivity (Wildman–Crippen MR) is 118 cm³/mol. The lowest BCUT2D eigenvalue weighted by molar-refractivity contribution is -0.121. The number of rotatable bonds is 8. The summed E-state index contributed by atoms with van der Waals surface area (Å²) in [5.74, 6) is 0.738. The van der Waals surface area contributed by atoms with Gasteiger partial charge in [-0.25, -0.2) is 17.7 Å². The quantitative estimate of drug-likeness (QED) is 0.598. The third kappa shape index (κ3) is 4.55. The van der Waals surface area contributed by atoms with E-state index >= 15 is 0 Å². The largest absolute Gasteiger partial charge is 0.352 e. The van der Waals surface area contributed by atoms with Crippen LogP contribution in [0, 0.1) is 6.92 Å². The van der Waals surface area contributed by atoms with Gasteiger partial charge in [-0.1, -0.05) is 24.3 Å². The molecule has 0 fully saturated rings. The number of imidazole rings is 1. The fraction of sp³-hybridized carbons (Fsp3) is 0.364. The van der Waals surface area contributed by atoms with Crippen molar-refractivity contribution in [2.45, 2.75) is 44.7 Å². The maximum Gasteiger partial charge on any atom is 0.242 e. The molecule has 0 aliphatic carbocycles. The number of fused-ring (bicyclic) bond motifs is 1. The highest BCUT2D eigenvalue weighted by molar-refractivity contribution is 7.89. The van der Waals surface area contributed by atoms with Gasteiger partial charge < -0.3 is 9.88 Å². The van der Waals surface area contributed by atoms with E-state index in [0.29, 0.717) is 31.4 Å². The van der Waals surface area contributed by atoms with E-state index in [2.05, 4.69) is 10.3 Å². The van der Waals surface area contributed by atoms with Crippen LogP contribution in [0.5, 0.6) is 0 Å². The van der Waals surface area contributed by atoms with Crippen molar-refractivity contribution in [3.05, 3.63) is 59.4 Å². The van der Waals surface area contributed by atoms with Crippen molar-refractivity contribution in [3.8, 4) is 0 Å². The van der Waals surface area contributed by atoms with E-state index in [0.717, 1.165) is 22.5 Å². The molecular weight excluding hydrogens is 400 g/mol. The smallest absolute Gasteiger partial charge is 0.242 e. The molecule has 0 atom stereocenters. The second kappa shape index (κ2) is 8.97. The zero-order chi connectivity index (χ0) is 21.9. The molecule has 0 saturated carbocycles. The Hall–Kier alpha value is -2.71. The third-order valence-corrected chi connectivity index (χ3v) is 7.02. The van der Waals surface area contributed by atoms with Crippen LogP contribution in [0.1, 0.15) is 30.3 Å². The number of nitrogens with one attached hydrogen (secondary N) is 1. The molecule has 0 radical (unpaired) electrons. The van der Waals surface area contributed by atoms with Gasteiger partial charge in [0.2, 0.25) is 15.9 Å². The number of hydrogen-bond acceptors (Lipinski definition) is 4. The number of nitrogens with zero attached hydrogens (tertiary/aromatic N) is 3. The minimum absolute atomic E-state index is 0.0381. The van der Waals surface area contributed by atoms with Gasteiger partial charge in [0.15, 0.2) is 0 Å². The molecule has 8 heteroatoms.